The minimum atomic E-state index is 0.953. The quantitative estimate of drug-likeness (QED) is 0.157. The number of benzene rings is 10. The van der Waals surface area contributed by atoms with Gasteiger partial charge in [-0.1, -0.05) is 182 Å². The Hall–Kier alpha value is -8.79. The minimum absolute atomic E-state index is 0.953. The zero-order valence-electron chi connectivity index (χ0n) is 36.0. The molecule has 0 saturated carbocycles. The van der Waals surface area contributed by atoms with Crippen molar-refractivity contribution in [2.24, 2.45) is 0 Å². The van der Waals surface area contributed by atoms with E-state index >= 15 is 0 Å². The van der Waals surface area contributed by atoms with Gasteiger partial charge < -0.3 is 9.13 Å². The van der Waals surface area contributed by atoms with Crippen molar-refractivity contribution in [3.8, 4) is 67.3 Å². The summed E-state index contributed by atoms with van der Waals surface area (Å²) in [6.07, 6.45) is 0. The molecule has 0 spiro atoms. The van der Waals surface area contributed by atoms with Gasteiger partial charge in [0.15, 0.2) is 0 Å². The average Bonchev–Trinajstić information content (AvgIpc) is 3.91. The van der Waals surface area contributed by atoms with Crippen molar-refractivity contribution in [1.82, 2.24) is 14.1 Å². The predicted molar refractivity (Wildman–Crippen MR) is 278 cm³/mol. The molecule has 308 valence electrons. The summed E-state index contributed by atoms with van der Waals surface area (Å²) in [7, 11) is 0. The third kappa shape index (κ3) is 6.32. The van der Waals surface area contributed by atoms with Crippen LogP contribution in [0.3, 0.4) is 0 Å². The van der Waals surface area contributed by atoms with E-state index in [9.17, 15) is 0 Å². The maximum atomic E-state index is 5.16. The fraction of sp³-hybridized carbons (Fsp3) is 0. The molecule has 0 amide bonds. The molecule has 0 aliphatic carbocycles. The summed E-state index contributed by atoms with van der Waals surface area (Å²) in [5.41, 5.74) is 18.2. The van der Waals surface area contributed by atoms with Gasteiger partial charge in [-0.25, -0.2) is 4.98 Å². The molecule has 66 heavy (non-hydrogen) atoms. The summed E-state index contributed by atoms with van der Waals surface area (Å²) < 4.78 is 4.84. The van der Waals surface area contributed by atoms with Crippen molar-refractivity contribution >= 4 is 54.4 Å². The van der Waals surface area contributed by atoms with Gasteiger partial charge in [0.1, 0.15) is 0 Å². The highest BCUT2D eigenvalue weighted by Gasteiger charge is 2.18. The number of fused-ring (bicyclic) bond motifs is 7. The highest BCUT2D eigenvalue weighted by Crippen LogP contribution is 2.40. The van der Waals surface area contributed by atoms with E-state index in [-0.39, 0.29) is 0 Å². The molecular weight excluding hydrogens is 799 g/mol. The van der Waals surface area contributed by atoms with Crippen molar-refractivity contribution < 1.29 is 0 Å². The molecule has 3 heterocycles. The van der Waals surface area contributed by atoms with E-state index in [0.717, 1.165) is 45.0 Å². The monoisotopic (exact) mass is 839 g/mol. The topological polar surface area (TPSA) is 22.8 Å². The first-order chi connectivity index (χ1) is 32.7. The maximum Gasteiger partial charge on any atom is 0.0715 e. The van der Waals surface area contributed by atoms with Crippen LogP contribution in [-0.4, -0.2) is 14.1 Å². The SMILES string of the molecule is c1ccc(-c2cc(-c3cccc(-n4c5ccccc5c5ccc(-c6ccc7c(c6)c6ccccc6n7-c6ccc(-c7cccc8ccccc78)cc6)cc54)c3)cc(-c3ccccc3)n2)cc1. The second kappa shape index (κ2) is 15.5. The molecular formula is C63H41N3. The van der Waals surface area contributed by atoms with Gasteiger partial charge in [-0.05, 0) is 111 Å². The molecule has 10 aromatic carbocycles. The Kier molecular flexibility index (Phi) is 8.85. The van der Waals surface area contributed by atoms with Crippen LogP contribution in [-0.2, 0) is 0 Å². The molecule has 13 rings (SSSR count). The summed E-state index contributed by atoms with van der Waals surface area (Å²) in [5, 5.41) is 7.45. The highest BCUT2D eigenvalue weighted by atomic mass is 15.0. The third-order valence-electron chi connectivity index (χ3n) is 13.3. The molecule has 0 fully saturated rings. The Morgan fingerprint density at radius 3 is 1.47 bits per heavy atom. The summed E-state index contributed by atoms with van der Waals surface area (Å²) in [6.45, 7) is 0. The van der Waals surface area contributed by atoms with E-state index in [2.05, 4.69) is 258 Å². The molecule has 0 unspecified atom stereocenters. The fourth-order valence-electron chi connectivity index (χ4n) is 10.2. The first-order valence-corrected chi connectivity index (χ1v) is 22.6. The number of para-hydroxylation sites is 2. The van der Waals surface area contributed by atoms with Crippen LogP contribution in [0.1, 0.15) is 0 Å². The smallest absolute Gasteiger partial charge is 0.0715 e. The molecule has 3 nitrogen and oxygen atoms in total. The Bertz CT molecular complexity index is 3910. The van der Waals surface area contributed by atoms with Crippen molar-refractivity contribution in [3.63, 3.8) is 0 Å². The van der Waals surface area contributed by atoms with Crippen LogP contribution >= 0.6 is 0 Å². The predicted octanol–water partition coefficient (Wildman–Crippen LogP) is 16.8. The van der Waals surface area contributed by atoms with Gasteiger partial charge >= 0.3 is 0 Å². The minimum Gasteiger partial charge on any atom is -0.309 e. The summed E-state index contributed by atoms with van der Waals surface area (Å²) in [5.74, 6) is 0. The van der Waals surface area contributed by atoms with Gasteiger partial charge in [0.2, 0.25) is 0 Å². The second-order valence-electron chi connectivity index (χ2n) is 17.2. The fourth-order valence-corrected chi connectivity index (χ4v) is 10.2. The molecule has 3 heteroatoms. The summed E-state index contributed by atoms with van der Waals surface area (Å²) >= 11 is 0. The van der Waals surface area contributed by atoms with Crippen LogP contribution in [0.5, 0.6) is 0 Å². The first-order valence-electron chi connectivity index (χ1n) is 22.6. The zero-order chi connectivity index (χ0) is 43.6. The third-order valence-corrected chi connectivity index (χ3v) is 13.3. The molecule has 0 N–H and O–H groups in total. The van der Waals surface area contributed by atoms with Crippen LogP contribution in [0.2, 0.25) is 0 Å². The molecule has 0 atom stereocenters. The van der Waals surface area contributed by atoms with Gasteiger partial charge in [0.25, 0.3) is 0 Å². The Morgan fingerprint density at radius 1 is 0.242 bits per heavy atom. The Morgan fingerprint density at radius 2 is 0.742 bits per heavy atom. The maximum absolute atomic E-state index is 5.16. The Labute approximate surface area is 382 Å². The molecule has 3 aromatic heterocycles. The number of aromatic nitrogens is 3. The van der Waals surface area contributed by atoms with Crippen LogP contribution in [0.25, 0.3) is 122 Å². The van der Waals surface area contributed by atoms with Gasteiger partial charge in [-0.2, -0.15) is 0 Å². The standard InChI is InChI=1S/C63H41N3/c1-3-16-44(17-4-1)58-39-49(40-59(64-58)45-18-5-2-6-19-45)46-21-13-22-51(37-46)66-60-27-11-9-24-54(60)56-35-31-48(41-63(56)66)47-32-36-62-57(38-47)55-25-10-12-28-61(55)65(62)50-33-29-43(30-34-50)53-26-14-20-42-15-7-8-23-52(42)53/h1-41H. The van der Waals surface area contributed by atoms with Crippen molar-refractivity contribution in [2.45, 2.75) is 0 Å². The Balaban J connectivity index is 0.922. The summed E-state index contributed by atoms with van der Waals surface area (Å²) in [4.78, 5) is 5.16. The van der Waals surface area contributed by atoms with Crippen LogP contribution in [0.15, 0.2) is 249 Å². The van der Waals surface area contributed by atoms with Gasteiger partial charge in [0.05, 0.1) is 33.5 Å². The lowest BCUT2D eigenvalue weighted by Gasteiger charge is -2.13. The number of hydrogen-bond donors (Lipinski definition) is 0. The molecule has 0 bridgehead atoms. The lowest BCUT2D eigenvalue weighted by Crippen LogP contribution is -1.95. The van der Waals surface area contributed by atoms with Gasteiger partial charge in [-0.3, -0.25) is 0 Å². The van der Waals surface area contributed by atoms with Crippen LogP contribution in [0.4, 0.5) is 0 Å². The second-order valence-corrected chi connectivity index (χ2v) is 17.2. The van der Waals surface area contributed by atoms with E-state index in [1.807, 2.05) is 0 Å². The number of hydrogen-bond acceptors (Lipinski definition) is 1. The van der Waals surface area contributed by atoms with Crippen molar-refractivity contribution in [1.29, 1.82) is 0 Å². The first kappa shape index (κ1) is 37.7. The van der Waals surface area contributed by atoms with Crippen molar-refractivity contribution in [2.75, 3.05) is 0 Å². The van der Waals surface area contributed by atoms with E-state index in [4.69, 9.17) is 4.98 Å². The van der Waals surface area contributed by atoms with Crippen molar-refractivity contribution in [3.05, 3.63) is 249 Å². The molecule has 13 aromatic rings. The summed E-state index contributed by atoms with van der Waals surface area (Å²) in [6, 6.07) is 90.1. The number of nitrogens with zero attached hydrogens (tertiary/aromatic N) is 3. The molecule has 0 aliphatic heterocycles. The average molecular weight is 840 g/mol. The van der Waals surface area contributed by atoms with Crippen LogP contribution in [0, 0.1) is 0 Å². The van der Waals surface area contributed by atoms with Gasteiger partial charge in [0, 0.05) is 44.0 Å². The van der Waals surface area contributed by atoms with E-state index in [1.165, 1.54) is 76.6 Å². The molecule has 0 saturated heterocycles. The van der Waals surface area contributed by atoms with Crippen LogP contribution < -0.4 is 0 Å². The zero-order valence-corrected chi connectivity index (χ0v) is 36.0. The van der Waals surface area contributed by atoms with E-state index in [0.29, 0.717) is 0 Å². The lowest BCUT2D eigenvalue weighted by atomic mass is 9.98. The molecule has 0 radical (unpaired) electrons. The largest absolute Gasteiger partial charge is 0.309 e. The van der Waals surface area contributed by atoms with Gasteiger partial charge in [-0.15, -0.1) is 0 Å². The highest BCUT2D eigenvalue weighted by molar-refractivity contribution is 6.12. The number of pyridine rings is 1. The normalized spacial score (nSPS) is 11.6. The van der Waals surface area contributed by atoms with E-state index < -0.39 is 0 Å². The van der Waals surface area contributed by atoms with E-state index in [1.54, 1.807) is 0 Å². The number of rotatable bonds is 7. The molecule has 0 aliphatic rings. The lowest BCUT2D eigenvalue weighted by molar-refractivity contribution is 1.18.